The van der Waals surface area contributed by atoms with Crippen molar-refractivity contribution in [1.29, 1.82) is 0 Å². The SMILES string of the molecule is Cc1c(Cl)nc(C2CC2)nc1NCCOCCO. The molecular weight excluding hydrogens is 254 g/mol. The molecule has 1 aliphatic rings. The molecule has 18 heavy (non-hydrogen) atoms. The van der Waals surface area contributed by atoms with E-state index >= 15 is 0 Å². The molecule has 0 saturated heterocycles. The molecule has 2 N–H and O–H groups in total. The van der Waals surface area contributed by atoms with Gasteiger partial charge in [0.05, 0.1) is 19.8 Å². The number of aromatic nitrogens is 2. The monoisotopic (exact) mass is 271 g/mol. The lowest BCUT2D eigenvalue weighted by molar-refractivity contribution is 0.0992. The third-order valence-electron chi connectivity index (χ3n) is 2.82. The molecule has 1 fully saturated rings. The van der Waals surface area contributed by atoms with Crippen molar-refractivity contribution in [3.8, 4) is 0 Å². The van der Waals surface area contributed by atoms with Crippen LogP contribution in [0.25, 0.3) is 0 Å². The molecule has 1 heterocycles. The number of aliphatic hydroxyl groups is 1. The zero-order valence-corrected chi connectivity index (χ0v) is 11.2. The Bertz CT molecular complexity index is 411. The molecule has 5 nitrogen and oxygen atoms in total. The van der Waals surface area contributed by atoms with Gasteiger partial charge in [0.25, 0.3) is 0 Å². The van der Waals surface area contributed by atoms with E-state index in [-0.39, 0.29) is 6.61 Å². The van der Waals surface area contributed by atoms with Gasteiger partial charge >= 0.3 is 0 Å². The molecule has 0 amide bonds. The van der Waals surface area contributed by atoms with E-state index in [0.717, 1.165) is 30.0 Å². The predicted molar refractivity (Wildman–Crippen MR) is 70.1 cm³/mol. The second kappa shape index (κ2) is 6.31. The Morgan fingerprint density at radius 1 is 1.39 bits per heavy atom. The zero-order chi connectivity index (χ0) is 13.0. The summed E-state index contributed by atoms with van der Waals surface area (Å²) in [7, 11) is 0. The van der Waals surface area contributed by atoms with Gasteiger partial charge in [-0.05, 0) is 19.8 Å². The number of hydrogen-bond donors (Lipinski definition) is 2. The van der Waals surface area contributed by atoms with Crippen molar-refractivity contribution in [3.63, 3.8) is 0 Å². The molecular formula is C12H18ClN3O2. The van der Waals surface area contributed by atoms with Crippen molar-refractivity contribution in [2.45, 2.75) is 25.7 Å². The summed E-state index contributed by atoms with van der Waals surface area (Å²) in [5, 5.41) is 12.3. The molecule has 1 saturated carbocycles. The number of nitrogens with zero attached hydrogens (tertiary/aromatic N) is 2. The predicted octanol–water partition coefficient (Wildman–Crippen LogP) is 1.74. The van der Waals surface area contributed by atoms with Gasteiger partial charge in [-0.2, -0.15) is 0 Å². The quantitative estimate of drug-likeness (QED) is 0.584. The highest BCUT2D eigenvalue weighted by Crippen LogP contribution is 2.39. The van der Waals surface area contributed by atoms with E-state index < -0.39 is 0 Å². The van der Waals surface area contributed by atoms with Gasteiger partial charge in [-0.3, -0.25) is 0 Å². The van der Waals surface area contributed by atoms with Crippen LogP contribution in [-0.2, 0) is 4.74 Å². The smallest absolute Gasteiger partial charge is 0.137 e. The Hall–Kier alpha value is -0.910. The van der Waals surface area contributed by atoms with Gasteiger partial charge in [-0.1, -0.05) is 11.6 Å². The Kier molecular flexibility index (Phi) is 4.74. The Morgan fingerprint density at radius 2 is 2.17 bits per heavy atom. The number of rotatable bonds is 7. The summed E-state index contributed by atoms with van der Waals surface area (Å²) in [6, 6.07) is 0. The molecule has 2 rings (SSSR count). The minimum absolute atomic E-state index is 0.0458. The molecule has 0 spiro atoms. The van der Waals surface area contributed by atoms with Crippen molar-refractivity contribution in [3.05, 3.63) is 16.5 Å². The first-order valence-electron chi connectivity index (χ1n) is 6.19. The second-order valence-electron chi connectivity index (χ2n) is 4.38. The van der Waals surface area contributed by atoms with Crippen molar-refractivity contribution in [2.75, 3.05) is 31.7 Å². The van der Waals surface area contributed by atoms with Gasteiger partial charge < -0.3 is 15.2 Å². The fraction of sp³-hybridized carbons (Fsp3) is 0.667. The van der Waals surface area contributed by atoms with Gasteiger partial charge in [0.15, 0.2) is 0 Å². The van der Waals surface area contributed by atoms with E-state index in [1.54, 1.807) is 0 Å². The van der Waals surface area contributed by atoms with Crippen molar-refractivity contribution in [1.82, 2.24) is 9.97 Å². The highest BCUT2D eigenvalue weighted by molar-refractivity contribution is 6.30. The summed E-state index contributed by atoms with van der Waals surface area (Å²) < 4.78 is 5.18. The minimum Gasteiger partial charge on any atom is -0.394 e. The van der Waals surface area contributed by atoms with Crippen LogP contribution in [0.5, 0.6) is 0 Å². The van der Waals surface area contributed by atoms with Crippen LogP contribution in [-0.4, -0.2) is 41.4 Å². The number of halogens is 1. The fourth-order valence-electron chi connectivity index (χ4n) is 1.61. The second-order valence-corrected chi connectivity index (χ2v) is 4.74. The first-order chi connectivity index (χ1) is 8.72. The van der Waals surface area contributed by atoms with Crippen molar-refractivity contribution >= 4 is 17.4 Å². The molecule has 1 aliphatic carbocycles. The Labute approximate surface area is 112 Å². The molecule has 0 radical (unpaired) electrons. The van der Waals surface area contributed by atoms with E-state index in [2.05, 4.69) is 15.3 Å². The normalized spacial score (nSPS) is 14.8. The van der Waals surface area contributed by atoms with E-state index in [1.807, 2.05) is 6.92 Å². The number of ether oxygens (including phenoxy) is 1. The van der Waals surface area contributed by atoms with Gasteiger partial charge in [0.2, 0.25) is 0 Å². The average Bonchev–Trinajstić information content (AvgIpc) is 3.18. The average molecular weight is 272 g/mol. The van der Waals surface area contributed by atoms with E-state index in [4.69, 9.17) is 21.4 Å². The topological polar surface area (TPSA) is 67.3 Å². The number of anilines is 1. The lowest BCUT2D eigenvalue weighted by atomic mass is 10.3. The molecule has 0 aliphatic heterocycles. The highest BCUT2D eigenvalue weighted by atomic mass is 35.5. The van der Waals surface area contributed by atoms with Crippen LogP contribution in [0.1, 0.15) is 30.1 Å². The maximum absolute atomic E-state index is 8.58. The van der Waals surface area contributed by atoms with Gasteiger partial charge in [0.1, 0.15) is 16.8 Å². The van der Waals surface area contributed by atoms with Crippen LogP contribution < -0.4 is 5.32 Å². The van der Waals surface area contributed by atoms with Crippen LogP contribution >= 0.6 is 11.6 Å². The lowest BCUT2D eigenvalue weighted by Crippen LogP contribution is -2.14. The zero-order valence-electron chi connectivity index (χ0n) is 10.4. The summed E-state index contributed by atoms with van der Waals surface area (Å²) >= 11 is 6.10. The first-order valence-corrected chi connectivity index (χ1v) is 6.56. The van der Waals surface area contributed by atoms with Crippen molar-refractivity contribution in [2.24, 2.45) is 0 Å². The number of aliphatic hydroxyl groups excluding tert-OH is 1. The molecule has 6 heteroatoms. The molecule has 0 aromatic carbocycles. The molecule has 1 aromatic heterocycles. The Balaban J connectivity index is 1.93. The summed E-state index contributed by atoms with van der Waals surface area (Å²) in [4.78, 5) is 8.80. The number of nitrogens with one attached hydrogen (secondary N) is 1. The summed E-state index contributed by atoms with van der Waals surface area (Å²) in [6.45, 7) is 3.47. The van der Waals surface area contributed by atoms with E-state index in [0.29, 0.717) is 30.8 Å². The Morgan fingerprint density at radius 3 is 2.83 bits per heavy atom. The number of hydrogen-bond acceptors (Lipinski definition) is 5. The third kappa shape index (κ3) is 3.54. The standard InChI is InChI=1S/C12H18ClN3O2/c1-8-10(13)15-12(9-2-3-9)16-11(8)14-4-6-18-7-5-17/h9,17H,2-7H2,1H3,(H,14,15,16). The highest BCUT2D eigenvalue weighted by Gasteiger charge is 2.27. The van der Waals surface area contributed by atoms with Crippen LogP contribution in [0.2, 0.25) is 5.15 Å². The first kappa shape index (κ1) is 13.5. The third-order valence-corrected chi connectivity index (χ3v) is 3.19. The van der Waals surface area contributed by atoms with Gasteiger partial charge in [-0.25, -0.2) is 9.97 Å². The molecule has 0 bridgehead atoms. The van der Waals surface area contributed by atoms with Crippen LogP contribution in [0.15, 0.2) is 0 Å². The van der Waals surface area contributed by atoms with Gasteiger partial charge in [-0.15, -0.1) is 0 Å². The lowest BCUT2D eigenvalue weighted by Gasteiger charge is -2.11. The largest absolute Gasteiger partial charge is 0.394 e. The molecule has 100 valence electrons. The van der Waals surface area contributed by atoms with Crippen LogP contribution in [0.4, 0.5) is 5.82 Å². The van der Waals surface area contributed by atoms with E-state index in [9.17, 15) is 0 Å². The van der Waals surface area contributed by atoms with Crippen molar-refractivity contribution < 1.29 is 9.84 Å². The summed E-state index contributed by atoms with van der Waals surface area (Å²) in [5.74, 6) is 2.10. The van der Waals surface area contributed by atoms with Crippen LogP contribution in [0.3, 0.4) is 0 Å². The van der Waals surface area contributed by atoms with Gasteiger partial charge in [0, 0.05) is 18.0 Å². The maximum Gasteiger partial charge on any atom is 0.137 e. The molecule has 0 atom stereocenters. The molecule has 1 aromatic rings. The minimum atomic E-state index is 0.0458. The summed E-state index contributed by atoms with van der Waals surface area (Å²) in [6.07, 6.45) is 2.30. The fourth-order valence-corrected chi connectivity index (χ4v) is 1.79. The molecule has 0 unspecified atom stereocenters. The van der Waals surface area contributed by atoms with E-state index in [1.165, 1.54) is 0 Å². The maximum atomic E-state index is 8.58. The van der Waals surface area contributed by atoms with Crippen LogP contribution in [0, 0.1) is 6.92 Å². The summed E-state index contributed by atoms with van der Waals surface area (Å²) in [5.41, 5.74) is 0.864.